The van der Waals surface area contributed by atoms with Crippen molar-refractivity contribution in [1.29, 1.82) is 0 Å². The monoisotopic (exact) mass is 278 g/mol. The number of carboxylic acids is 1. The number of rotatable bonds is 4. The second kappa shape index (κ2) is 5.85. The molecule has 0 aliphatic heterocycles. The molecule has 2 aromatic rings. The summed E-state index contributed by atoms with van der Waals surface area (Å²) in [4.78, 5) is 11.3. The maximum absolute atomic E-state index is 13.6. The number of hydrogen-bond acceptors (Lipinski definition) is 1. The van der Waals surface area contributed by atoms with Crippen molar-refractivity contribution in [2.24, 2.45) is 0 Å². The van der Waals surface area contributed by atoms with Gasteiger partial charge in [-0.2, -0.15) is 0 Å². The van der Waals surface area contributed by atoms with Crippen LogP contribution in [0.25, 0.3) is 0 Å². The molecule has 0 heterocycles. The highest BCUT2D eigenvalue weighted by Crippen LogP contribution is 2.24. The molecule has 98 valence electrons. The first-order valence-electron chi connectivity index (χ1n) is 5.79. The van der Waals surface area contributed by atoms with E-state index in [1.54, 1.807) is 42.5 Å². The van der Waals surface area contributed by atoms with Crippen LogP contribution in [0.2, 0.25) is 5.02 Å². The molecule has 4 heteroatoms. The Labute approximate surface area is 115 Å². The smallest absolute Gasteiger partial charge is 0.311 e. The van der Waals surface area contributed by atoms with E-state index in [-0.39, 0.29) is 12.2 Å². The zero-order valence-corrected chi connectivity index (χ0v) is 10.8. The molecule has 0 amide bonds. The maximum atomic E-state index is 13.6. The minimum Gasteiger partial charge on any atom is -0.481 e. The molecule has 1 N–H and O–H groups in total. The van der Waals surface area contributed by atoms with Crippen LogP contribution in [-0.4, -0.2) is 11.1 Å². The predicted octanol–water partition coefficient (Wildman–Crippen LogP) is 3.89. The molecule has 0 saturated carbocycles. The van der Waals surface area contributed by atoms with E-state index >= 15 is 0 Å². The Hall–Kier alpha value is -1.87. The number of benzene rings is 2. The van der Waals surface area contributed by atoms with Crippen LogP contribution in [0.15, 0.2) is 48.5 Å². The van der Waals surface area contributed by atoms with Crippen LogP contribution in [-0.2, 0) is 11.2 Å². The first-order chi connectivity index (χ1) is 9.08. The molecule has 2 aromatic carbocycles. The van der Waals surface area contributed by atoms with Crippen molar-refractivity contribution in [3.63, 3.8) is 0 Å². The van der Waals surface area contributed by atoms with Crippen LogP contribution in [0, 0.1) is 5.82 Å². The molecule has 1 unspecified atom stereocenters. The highest BCUT2D eigenvalue weighted by atomic mass is 35.5. The second-order valence-electron chi connectivity index (χ2n) is 4.24. The summed E-state index contributed by atoms with van der Waals surface area (Å²) in [7, 11) is 0. The molecule has 0 bridgehead atoms. The van der Waals surface area contributed by atoms with Gasteiger partial charge in [0.1, 0.15) is 5.82 Å². The fourth-order valence-corrected chi connectivity index (χ4v) is 2.05. The van der Waals surface area contributed by atoms with E-state index in [2.05, 4.69) is 0 Å². The second-order valence-corrected chi connectivity index (χ2v) is 4.67. The summed E-state index contributed by atoms with van der Waals surface area (Å²) in [5.41, 5.74) is 1.00. The number of carbonyl (C=O) groups is 1. The molecule has 0 fully saturated rings. The van der Waals surface area contributed by atoms with Crippen LogP contribution in [0.1, 0.15) is 17.0 Å². The molecular formula is C15H12ClFO2. The third-order valence-corrected chi connectivity index (χ3v) is 3.20. The molecule has 0 radical (unpaired) electrons. The fourth-order valence-electron chi connectivity index (χ4n) is 1.93. The maximum Gasteiger partial charge on any atom is 0.311 e. The van der Waals surface area contributed by atoms with Gasteiger partial charge in [-0.15, -0.1) is 0 Å². The molecular weight excluding hydrogens is 267 g/mol. The van der Waals surface area contributed by atoms with Crippen LogP contribution >= 0.6 is 11.6 Å². The van der Waals surface area contributed by atoms with E-state index < -0.39 is 11.9 Å². The highest BCUT2D eigenvalue weighted by Gasteiger charge is 2.21. The largest absolute Gasteiger partial charge is 0.481 e. The van der Waals surface area contributed by atoms with E-state index in [0.717, 1.165) is 0 Å². The van der Waals surface area contributed by atoms with Gasteiger partial charge in [0.25, 0.3) is 0 Å². The Morgan fingerprint density at radius 1 is 1.16 bits per heavy atom. The molecule has 0 aliphatic carbocycles. The van der Waals surface area contributed by atoms with Crippen LogP contribution in [0.4, 0.5) is 4.39 Å². The van der Waals surface area contributed by atoms with Crippen molar-refractivity contribution in [1.82, 2.24) is 0 Å². The van der Waals surface area contributed by atoms with Gasteiger partial charge in [0.15, 0.2) is 0 Å². The van der Waals surface area contributed by atoms with Crippen molar-refractivity contribution in [2.75, 3.05) is 0 Å². The topological polar surface area (TPSA) is 37.3 Å². The van der Waals surface area contributed by atoms with Gasteiger partial charge in [-0.1, -0.05) is 41.9 Å². The summed E-state index contributed by atoms with van der Waals surface area (Å²) in [6.45, 7) is 0. The van der Waals surface area contributed by atoms with Gasteiger partial charge in [-0.25, -0.2) is 4.39 Å². The van der Waals surface area contributed by atoms with Crippen molar-refractivity contribution in [2.45, 2.75) is 12.3 Å². The normalized spacial score (nSPS) is 12.1. The first-order valence-corrected chi connectivity index (χ1v) is 6.17. The molecule has 0 aliphatic rings. The average molecular weight is 279 g/mol. The van der Waals surface area contributed by atoms with Gasteiger partial charge < -0.3 is 5.11 Å². The molecule has 1 atom stereocenters. The van der Waals surface area contributed by atoms with E-state index in [1.165, 1.54) is 6.07 Å². The number of halogens is 2. The Balaban J connectivity index is 2.29. The lowest BCUT2D eigenvalue weighted by Crippen LogP contribution is -2.15. The summed E-state index contributed by atoms with van der Waals surface area (Å²) < 4.78 is 13.6. The quantitative estimate of drug-likeness (QED) is 0.921. The van der Waals surface area contributed by atoms with Crippen LogP contribution < -0.4 is 0 Å². The molecule has 0 saturated heterocycles. The van der Waals surface area contributed by atoms with Crippen LogP contribution in [0.3, 0.4) is 0 Å². The Bertz CT molecular complexity index is 581. The van der Waals surface area contributed by atoms with E-state index in [0.29, 0.717) is 16.1 Å². The van der Waals surface area contributed by atoms with Gasteiger partial charge in [0.05, 0.1) is 5.92 Å². The molecule has 2 rings (SSSR count). The zero-order valence-electron chi connectivity index (χ0n) is 10.0. The SMILES string of the molecule is O=C(O)C(Cc1ccccc1F)c1ccc(Cl)cc1. The zero-order chi connectivity index (χ0) is 13.8. The van der Waals surface area contributed by atoms with Crippen molar-refractivity contribution < 1.29 is 14.3 Å². The minimum atomic E-state index is -0.981. The van der Waals surface area contributed by atoms with Gasteiger partial charge in [-0.05, 0) is 35.7 Å². The Morgan fingerprint density at radius 2 is 1.79 bits per heavy atom. The minimum absolute atomic E-state index is 0.115. The van der Waals surface area contributed by atoms with Gasteiger partial charge in [-0.3, -0.25) is 4.79 Å². The molecule has 0 spiro atoms. The predicted molar refractivity (Wildman–Crippen MR) is 71.9 cm³/mol. The lowest BCUT2D eigenvalue weighted by molar-refractivity contribution is -0.138. The van der Waals surface area contributed by atoms with Crippen LogP contribution in [0.5, 0.6) is 0 Å². The summed E-state index contributed by atoms with van der Waals surface area (Å²) >= 11 is 5.77. The lowest BCUT2D eigenvalue weighted by atomic mass is 9.92. The third kappa shape index (κ3) is 3.32. The number of hydrogen-bond donors (Lipinski definition) is 1. The van der Waals surface area contributed by atoms with Crippen molar-refractivity contribution in [3.8, 4) is 0 Å². The molecule has 19 heavy (non-hydrogen) atoms. The van der Waals surface area contributed by atoms with Crippen molar-refractivity contribution >= 4 is 17.6 Å². The Morgan fingerprint density at radius 3 is 2.37 bits per heavy atom. The van der Waals surface area contributed by atoms with E-state index in [1.807, 2.05) is 0 Å². The summed E-state index contributed by atoms with van der Waals surface area (Å²) in [6.07, 6.45) is 0.115. The highest BCUT2D eigenvalue weighted by molar-refractivity contribution is 6.30. The van der Waals surface area contributed by atoms with Gasteiger partial charge >= 0.3 is 5.97 Å². The molecule has 2 nitrogen and oxygen atoms in total. The average Bonchev–Trinajstić information content (AvgIpc) is 2.39. The number of carboxylic acid groups (broad SMARTS) is 1. The van der Waals surface area contributed by atoms with Crippen molar-refractivity contribution in [3.05, 3.63) is 70.5 Å². The number of aliphatic carboxylic acids is 1. The third-order valence-electron chi connectivity index (χ3n) is 2.95. The van der Waals surface area contributed by atoms with Gasteiger partial charge in [0, 0.05) is 5.02 Å². The summed E-state index contributed by atoms with van der Waals surface area (Å²) in [5, 5.41) is 9.83. The standard InChI is InChI=1S/C15H12ClFO2/c16-12-7-5-10(6-8-12)13(15(18)19)9-11-3-1-2-4-14(11)17/h1-8,13H,9H2,(H,18,19). The van der Waals surface area contributed by atoms with E-state index in [4.69, 9.17) is 11.6 Å². The summed E-state index contributed by atoms with van der Waals surface area (Å²) in [5.74, 6) is -2.15. The fraction of sp³-hybridized carbons (Fsp3) is 0.133. The lowest BCUT2D eigenvalue weighted by Gasteiger charge is -2.13. The van der Waals surface area contributed by atoms with E-state index in [9.17, 15) is 14.3 Å². The van der Waals surface area contributed by atoms with Gasteiger partial charge in [0.2, 0.25) is 0 Å². The summed E-state index contributed by atoms with van der Waals surface area (Å²) in [6, 6.07) is 12.8. The molecule has 0 aromatic heterocycles. The first kappa shape index (κ1) is 13.6. The Kier molecular flexibility index (Phi) is 4.17.